The van der Waals surface area contributed by atoms with Crippen LogP contribution in [0.1, 0.15) is 31.2 Å². The molecule has 0 aliphatic carbocycles. The van der Waals surface area contributed by atoms with Gasteiger partial charge in [0.2, 0.25) is 0 Å². The smallest absolute Gasteiger partial charge is 0.262 e. The molecule has 0 saturated carbocycles. The number of carbonyl (C=O) groups is 1. The lowest BCUT2D eigenvalue weighted by Crippen LogP contribution is -2.36. The van der Waals surface area contributed by atoms with Gasteiger partial charge in [0.15, 0.2) is 6.61 Å². The molecule has 0 unspecified atom stereocenters. The van der Waals surface area contributed by atoms with Crippen molar-refractivity contribution in [2.24, 2.45) is 0 Å². The van der Waals surface area contributed by atoms with Gasteiger partial charge in [0.25, 0.3) is 5.91 Å². The molecule has 3 aromatic rings. The zero-order valence-corrected chi connectivity index (χ0v) is 19.0. The van der Waals surface area contributed by atoms with E-state index in [1.807, 2.05) is 43.3 Å². The average molecular weight is 437 g/mol. The molecule has 0 radical (unpaired) electrons. The highest BCUT2D eigenvalue weighted by molar-refractivity contribution is 5.94. The summed E-state index contributed by atoms with van der Waals surface area (Å²) in [5.74, 6) is 1.56. The lowest BCUT2D eigenvalue weighted by atomic mass is 10.2. The van der Waals surface area contributed by atoms with Gasteiger partial charge in [-0.15, -0.1) is 0 Å². The number of ether oxygens (including phenoxy) is 2. The average Bonchev–Trinajstić information content (AvgIpc) is 3.14. The van der Waals surface area contributed by atoms with Crippen LogP contribution in [0.5, 0.6) is 5.75 Å². The molecular formula is C25H32N4O3. The topological polar surface area (TPSA) is 68.6 Å². The van der Waals surface area contributed by atoms with Crippen molar-refractivity contribution in [3.8, 4) is 5.75 Å². The molecule has 7 heteroatoms. The standard InChI is InChI=1S/C25H32N4O3/c1-3-4-11-29-23-10-7-20(26-25(30)18-32-21-8-5-19(2)6-9-21)16-22(23)27-24(29)17-28-12-14-31-15-13-28/h5-10,16H,3-4,11-15,17-18H2,1-2H3,(H,26,30). The molecule has 0 bridgehead atoms. The Kier molecular flexibility index (Phi) is 7.39. The number of nitrogens with zero attached hydrogens (tertiary/aromatic N) is 3. The Morgan fingerprint density at radius 1 is 1.16 bits per heavy atom. The van der Waals surface area contributed by atoms with Gasteiger partial charge >= 0.3 is 0 Å². The zero-order chi connectivity index (χ0) is 22.3. The van der Waals surface area contributed by atoms with Crippen LogP contribution >= 0.6 is 0 Å². The number of unbranched alkanes of at least 4 members (excludes halogenated alkanes) is 1. The van der Waals surface area contributed by atoms with E-state index < -0.39 is 0 Å². The van der Waals surface area contributed by atoms with E-state index in [4.69, 9.17) is 14.5 Å². The maximum absolute atomic E-state index is 12.4. The predicted octanol–water partition coefficient (Wildman–Crippen LogP) is 3.99. The van der Waals surface area contributed by atoms with Crippen molar-refractivity contribution in [2.75, 3.05) is 38.2 Å². The van der Waals surface area contributed by atoms with Crippen LogP contribution in [0, 0.1) is 6.92 Å². The fourth-order valence-corrected chi connectivity index (χ4v) is 3.88. The third-order valence-electron chi connectivity index (χ3n) is 5.71. The van der Waals surface area contributed by atoms with Crippen LogP contribution in [-0.4, -0.2) is 53.3 Å². The summed E-state index contributed by atoms with van der Waals surface area (Å²) in [7, 11) is 0. The zero-order valence-electron chi connectivity index (χ0n) is 19.0. The van der Waals surface area contributed by atoms with E-state index in [1.54, 1.807) is 0 Å². The highest BCUT2D eigenvalue weighted by Crippen LogP contribution is 2.23. The van der Waals surface area contributed by atoms with Gasteiger partial charge in [0.1, 0.15) is 11.6 Å². The number of carbonyl (C=O) groups excluding carboxylic acids is 1. The largest absolute Gasteiger partial charge is 0.484 e. The highest BCUT2D eigenvalue weighted by atomic mass is 16.5. The van der Waals surface area contributed by atoms with Gasteiger partial charge in [-0.2, -0.15) is 0 Å². The van der Waals surface area contributed by atoms with Gasteiger partial charge in [-0.25, -0.2) is 4.98 Å². The molecule has 2 heterocycles. The number of amides is 1. The van der Waals surface area contributed by atoms with Gasteiger partial charge in [-0.1, -0.05) is 31.0 Å². The number of fused-ring (bicyclic) bond motifs is 1. The number of hydrogen-bond donors (Lipinski definition) is 1. The minimum Gasteiger partial charge on any atom is -0.484 e. The van der Waals surface area contributed by atoms with Crippen molar-refractivity contribution in [2.45, 2.75) is 39.8 Å². The summed E-state index contributed by atoms with van der Waals surface area (Å²) in [6.45, 7) is 9.35. The Morgan fingerprint density at radius 3 is 2.69 bits per heavy atom. The second-order valence-electron chi connectivity index (χ2n) is 8.28. The molecule has 170 valence electrons. The molecule has 1 saturated heterocycles. The van der Waals surface area contributed by atoms with Gasteiger partial charge in [0, 0.05) is 25.3 Å². The highest BCUT2D eigenvalue weighted by Gasteiger charge is 2.17. The summed E-state index contributed by atoms with van der Waals surface area (Å²) >= 11 is 0. The third-order valence-corrected chi connectivity index (χ3v) is 5.71. The maximum Gasteiger partial charge on any atom is 0.262 e. The number of imidazole rings is 1. The van der Waals surface area contributed by atoms with E-state index >= 15 is 0 Å². The lowest BCUT2D eigenvalue weighted by Gasteiger charge is -2.26. The van der Waals surface area contributed by atoms with Gasteiger partial charge in [-0.05, 0) is 43.7 Å². The normalized spacial score (nSPS) is 14.6. The molecule has 1 N–H and O–H groups in total. The summed E-state index contributed by atoms with van der Waals surface area (Å²) in [5, 5.41) is 2.93. The first-order valence-corrected chi connectivity index (χ1v) is 11.4. The van der Waals surface area contributed by atoms with Crippen molar-refractivity contribution in [1.82, 2.24) is 14.5 Å². The second-order valence-corrected chi connectivity index (χ2v) is 8.28. The summed E-state index contributed by atoms with van der Waals surface area (Å²) in [6, 6.07) is 13.6. The van der Waals surface area contributed by atoms with Crippen molar-refractivity contribution in [3.05, 3.63) is 53.9 Å². The fraction of sp³-hybridized carbons (Fsp3) is 0.440. The first-order chi connectivity index (χ1) is 15.6. The van der Waals surface area contributed by atoms with Crippen LogP contribution < -0.4 is 10.1 Å². The van der Waals surface area contributed by atoms with E-state index in [9.17, 15) is 4.79 Å². The van der Waals surface area contributed by atoms with Crippen molar-refractivity contribution in [3.63, 3.8) is 0 Å². The van der Waals surface area contributed by atoms with E-state index in [2.05, 4.69) is 27.8 Å². The molecular weight excluding hydrogens is 404 g/mol. The van der Waals surface area contributed by atoms with Gasteiger partial charge < -0.3 is 19.4 Å². The molecule has 7 nitrogen and oxygen atoms in total. The molecule has 1 aliphatic heterocycles. The van der Waals surface area contributed by atoms with E-state index in [1.165, 1.54) is 0 Å². The number of aryl methyl sites for hydroxylation is 2. The van der Waals surface area contributed by atoms with Crippen molar-refractivity contribution < 1.29 is 14.3 Å². The summed E-state index contributed by atoms with van der Waals surface area (Å²) in [6.07, 6.45) is 2.24. The number of hydrogen-bond acceptors (Lipinski definition) is 5. The van der Waals surface area contributed by atoms with Crippen LogP contribution in [0.3, 0.4) is 0 Å². The Morgan fingerprint density at radius 2 is 1.94 bits per heavy atom. The molecule has 1 aliphatic rings. The first kappa shape index (κ1) is 22.3. The van der Waals surface area contributed by atoms with Crippen LogP contribution in [0.2, 0.25) is 0 Å². The number of benzene rings is 2. The van der Waals surface area contributed by atoms with Gasteiger partial charge in [0.05, 0.1) is 30.8 Å². The second kappa shape index (κ2) is 10.6. The van der Waals surface area contributed by atoms with Gasteiger partial charge in [-0.3, -0.25) is 9.69 Å². The van der Waals surface area contributed by atoms with Crippen LogP contribution in [-0.2, 0) is 22.6 Å². The quantitative estimate of drug-likeness (QED) is 0.549. The monoisotopic (exact) mass is 436 g/mol. The summed E-state index contributed by atoms with van der Waals surface area (Å²) in [5.41, 5.74) is 3.90. The van der Waals surface area contributed by atoms with E-state index in [0.29, 0.717) is 5.75 Å². The molecule has 0 atom stereocenters. The van der Waals surface area contributed by atoms with E-state index in [-0.39, 0.29) is 12.5 Å². The Balaban J connectivity index is 1.45. The number of nitrogens with one attached hydrogen (secondary N) is 1. The van der Waals surface area contributed by atoms with E-state index in [0.717, 1.165) is 80.3 Å². The molecule has 1 amide bonds. The summed E-state index contributed by atoms with van der Waals surface area (Å²) in [4.78, 5) is 19.7. The first-order valence-electron chi connectivity index (χ1n) is 11.4. The minimum atomic E-state index is -0.191. The van der Waals surface area contributed by atoms with Crippen LogP contribution in [0.4, 0.5) is 5.69 Å². The Bertz CT molecular complexity index is 1040. The fourth-order valence-electron chi connectivity index (χ4n) is 3.88. The molecule has 1 fully saturated rings. The molecule has 0 spiro atoms. The predicted molar refractivity (Wildman–Crippen MR) is 126 cm³/mol. The number of aromatic nitrogens is 2. The third kappa shape index (κ3) is 5.66. The van der Waals surface area contributed by atoms with Crippen LogP contribution in [0.15, 0.2) is 42.5 Å². The molecule has 4 rings (SSSR count). The molecule has 2 aromatic carbocycles. The summed E-state index contributed by atoms with van der Waals surface area (Å²) < 4.78 is 13.4. The maximum atomic E-state index is 12.4. The van der Waals surface area contributed by atoms with Crippen LogP contribution in [0.25, 0.3) is 11.0 Å². The SMILES string of the molecule is CCCCn1c(CN2CCOCC2)nc2cc(NC(=O)COc3ccc(C)cc3)ccc21. The Labute approximate surface area is 189 Å². The minimum absolute atomic E-state index is 0.0334. The molecule has 1 aromatic heterocycles. The van der Waals surface area contributed by atoms with Crippen molar-refractivity contribution >= 4 is 22.6 Å². The number of anilines is 1. The number of morpholine rings is 1. The molecule has 32 heavy (non-hydrogen) atoms. The Hall–Kier alpha value is -2.90. The lowest BCUT2D eigenvalue weighted by molar-refractivity contribution is -0.118. The number of rotatable bonds is 9. The van der Waals surface area contributed by atoms with Crippen molar-refractivity contribution in [1.29, 1.82) is 0 Å².